The number of hydrogen-bond acceptors (Lipinski definition) is 2. The smallest absolute Gasteiger partial charge is 0.155 e. The van der Waals surface area contributed by atoms with E-state index in [1.165, 1.54) is 0 Å². The van der Waals surface area contributed by atoms with Gasteiger partial charge in [0.25, 0.3) is 0 Å². The molecular weight excluding hydrogens is 186 g/mol. The van der Waals surface area contributed by atoms with Gasteiger partial charge in [-0.1, -0.05) is 0 Å². The van der Waals surface area contributed by atoms with Gasteiger partial charge in [-0.25, -0.2) is 4.98 Å². The summed E-state index contributed by atoms with van der Waals surface area (Å²) >= 11 is 6.24. The lowest BCUT2D eigenvalue weighted by molar-refractivity contribution is 0.959. The van der Waals surface area contributed by atoms with Gasteiger partial charge in [0.15, 0.2) is 5.65 Å². The number of alkyl halides is 1. The molecule has 66 valence electrons. The Bertz CT molecular complexity index is 426. The van der Waals surface area contributed by atoms with Crippen molar-refractivity contribution in [2.45, 2.75) is 17.7 Å². The average molecular weight is 194 g/mol. The summed E-state index contributed by atoms with van der Waals surface area (Å²) in [7, 11) is 0. The molecule has 0 atom stereocenters. The van der Waals surface area contributed by atoms with Crippen LogP contribution in [0.25, 0.3) is 5.65 Å². The van der Waals surface area contributed by atoms with E-state index in [4.69, 9.17) is 11.6 Å². The van der Waals surface area contributed by atoms with Crippen LogP contribution in [0.3, 0.4) is 0 Å². The summed E-state index contributed by atoms with van der Waals surface area (Å²) < 4.78 is 1.95. The van der Waals surface area contributed by atoms with Crippen molar-refractivity contribution in [3.63, 3.8) is 0 Å². The monoisotopic (exact) mass is 193 g/mol. The quantitative estimate of drug-likeness (QED) is 0.649. The van der Waals surface area contributed by atoms with Gasteiger partial charge >= 0.3 is 0 Å². The second kappa shape index (κ2) is 2.23. The van der Waals surface area contributed by atoms with Crippen molar-refractivity contribution < 1.29 is 0 Å². The number of rotatable bonds is 1. The fourth-order valence-corrected chi connectivity index (χ4v) is 1.61. The minimum atomic E-state index is -0.175. The molecule has 2 aromatic heterocycles. The Morgan fingerprint density at radius 3 is 3.00 bits per heavy atom. The highest BCUT2D eigenvalue weighted by Gasteiger charge is 2.44. The highest BCUT2D eigenvalue weighted by molar-refractivity contribution is 6.25. The van der Waals surface area contributed by atoms with Gasteiger partial charge in [0.05, 0.1) is 16.8 Å². The van der Waals surface area contributed by atoms with E-state index in [0.29, 0.717) is 0 Å². The molecule has 0 bridgehead atoms. The van der Waals surface area contributed by atoms with E-state index in [1.54, 1.807) is 12.4 Å². The zero-order valence-corrected chi connectivity index (χ0v) is 7.70. The Morgan fingerprint density at radius 1 is 1.46 bits per heavy atom. The van der Waals surface area contributed by atoms with Crippen molar-refractivity contribution in [1.29, 1.82) is 0 Å². The maximum atomic E-state index is 6.24. The van der Waals surface area contributed by atoms with Crippen LogP contribution in [0, 0.1) is 0 Å². The van der Waals surface area contributed by atoms with Gasteiger partial charge in [0.1, 0.15) is 0 Å². The third-order valence-corrected chi connectivity index (χ3v) is 2.98. The number of hydrogen-bond donors (Lipinski definition) is 0. The van der Waals surface area contributed by atoms with Crippen molar-refractivity contribution in [1.82, 2.24) is 14.4 Å². The molecule has 0 amide bonds. The Labute approximate surface area is 80.4 Å². The van der Waals surface area contributed by atoms with Crippen molar-refractivity contribution in [2.75, 3.05) is 0 Å². The molecule has 3 nitrogen and oxygen atoms in total. The van der Waals surface area contributed by atoms with E-state index >= 15 is 0 Å². The topological polar surface area (TPSA) is 30.2 Å². The van der Waals surface area contributed by atoms with E-state index in [-0.39, 0.29) is 4.87 Å². The first-order valence-corrected chi connectivity index (χ1v) is 4.64. The Hall–Kier alpha value is -1.09. The number of nitrogens with zero attached hydrogens (tertiary/aromatic N) is 3. The maximum absolute atomic E-state index is 6.24. The molecule has 0 aromatic carbocycles. The van der Waals surface area contributed by atoms with Crippen LogP contribution in [0.2, 0.25) is 0 Å². The molecule has 1 aliphatic carbocycles. The lowest BCUT2D eigenvalue weighted by Crippen LogP contribution is -1.94. The predicted octanol–water partition coefficient (Wildman–Crippen LogP) is 1.96. The first-order valence-electron chi connectivity index (χ1n) is 4.26. The first kappa shape index (κ1) is 7.33. The maximum Gasteiger partial charge on any atom is 0.155 e. The summed E-state index contributed by atoms with van der Waals surface area (Å²) in [5, 5.41) is 0. The van der Waals surface area contributed by atoms with Gasteiger partial charge in [-0.05, 0) is 12.8 Å². The van der Waals surface area contributed by atoms with Gasteiger partial charge in [0, 0.05) is 18.6 Å². The molecule has 0 saturated heterocycles. The van der Waals surface area contributed by atoms with Crippen LogP contribution in [0.5, 0.6) is 0 Å². The van der Waals surface area contributed by atoms with Crippen LogP contribution in [-0.2, 0) is 4.87 Å². The largest absolute Gasteiger partial charge is 0.304 e. The molecule has 1 aliphatic rings. The molecule has 4 heteroatoms. The normalized spacial score (nSPS) is 19.2. The fourth-order valence-electron chi connectivity index (χ4n) is 1.42. The van der Waals surface area contributed by atoms with E-state index in [0.717, 1.165) is 24.2 Å². The van der Waals surface area contributed by atoms with Crippen molar-refractivity contribution in [3.8, 4) is 0 Å². The van der Waals surface area contributed by atoms with Gasteiger partial charge in [-0.3, -0.25) is 4.98 Å². The van der Waals surface area contributed by atoms with Crippen LogP contribution in [0.4, 0.5) is 0 Å². The van der Waals surface area contributed by atoms with Gasteiger partial charge in [-0.2, -0.15) is 0 Å². The van der Waals surface area contributed by atoms with Crippen LogP contribution < -0.4 is 0 Å². The minimum absolute atomic E-state index is 0.175. The molecular formula is C9H8ClN3. The van der Waals surface area contributed by atoms with Crippen LogP contribution in [0.15, 0.2) is 24.8 Å². The third-order valence-electron chi connectivity index (χ3n) is 2.41. The summed E-state index contributed by atoms with van der Waals surface area (Å²) in [5.74, 6) is 0. The highest BCUT2D eigenvalue weighted by atomic mass is 35.5. The zero-order chi connectivity index (χ0) is 8.89. The molecule has 2 aromatic rings. The summed E-state index contributed by atoms with van der Waals surface area (Å²) in [6.45, 7) is 0. The van der Waals surface area contributed by atoms with Crippen molar-refractivity contribution in [3.05, 3.63) is 30.5 Å². The second-order valence-corrected chi connectivity index (χ2v) is 4.16. The van der Waals surface area contributed by atoms with Gasteiger partial charge in [-0.15, -0.1) is 11.6 Å². The minimum Gasteiger partial charge on any atom is -0.304 e. The van der Waals surface area contributed by atoms with Crippen molar-refractivity contribution >= 4 is 17.2 Å². The lowest BCUT2D eigenvalue weighted by Gasteiger charge is -1.97. The fraction of sp³-hybridized carbons (Fsp3) is 0.333. The summed E-state index contributed by atoms with van der Waals surface area (Å²) in [5.41, 5.74) is 1.84. The third kappa shape index (κ3) is 1.04. The lowest BCUT2D eigenvalue weighted by atomic mass is 10.3. The molecule has 0 radical (unpaired) electrons. The summed E-state index contributed by atoms with van der Waals surface area (Å²) in [6, 6.07) is 0. The van der Waals surface area contributed by atoms with Crippen molar-refractivity contribution in [2.24, 2.45) is 0 Å². The standard InChI is InChI=1S/C9H8ClN3/c10-9(1-2-9)7-6-13-4-3-11-5-8(13)12-7/h3-6H,1-2H2. The molecule has 0 spiro atoms. The molecule has 0 unspecified atom stereocenters. The zero-order valence-electron chi connectivity index (χ0n) is 6.94. The molecule has 0 aliphatic heterocycles. The highest BCUT2D eigenvalue weighted by Crippen LogP contribution is 2.51. The Kier molecular flexibility index (Phi) is 1.26. The van der Waals surface area contributed by atoms with E-state index < -0.39 is 0 Å². The number of aromatic nitrogens is 3. The Balaban J connectivity index is 2.22. The molecule has 1 saturated carbocycles. The first-order chi connectivity index (χ1) is 6.28. The van der Waals surface area contributed by atoms with E-state index in [9.17, 15) is 0 Å². The Morgan fingerprint density at radius 2 is 2.31 bits per heavy atom. The molecule has 13 heavy (non-hydrogen) atoms. The number of imidazole rings is 1. The molecule has 1 fully saturated rings. The average Bonchev–Trinajstić information content (AvgIpc) is 2.76. The van der Waals surface area contributed by atoms with Crippen LogP contribution in [-0.4, -0.2) is 14.4 Å². The SMILES string of the molecule is ClC1(c2cn3ccncc3n2)CC1. The van der Waals surface area contributed by atoms with Crippen LogP contribution in [0.1, 0.15) is 18.5 Å². The molecule has 0 N–H and O–H groups in total. The molecule has 2 heterocycles. The molecule has 3 rings (SSSR count). The second-order valence-electron chi connectivity index (χ2n) is 3.43. The van der Waals surface area contributed by atoms with Crippen LogP contribution >= 0.6 is 11.6 Å². The summed E-state index contributed by atoms with van der Waals surface area (Å²) in [6.07, 6.45) is 9.42. The van der Waals surface area contributed by atoms with Gasteiger partial charge in [0.2, 0.25) is 0 Å². The van der Waals surface area contributed by atoms with E-state index in [1.807, 2.05) is 16.8 Å². The van der Waals surface area contributed by atoms with E-state index in [2.05, 4.69) is 9.97 Å². The number of fused-ring (bicyclic) bond motifs is 1. The number of halogens is 1. The predicted molar refractivity (Wildman–Crippen MR) is 49.8 cm³/mol. The summed E-state index contributed by atoms with van der Waals surface area (Å²) in [4.78, 5) is 8.24. The van der Waals surface area contributed by atoms with Gasteiger partial charge < -0.3 is 4.40 Å².